The molecule has 7 nitrogen and oxygen atoms in total. The maximum atomic E-state index is 12.0. The van der Waals surface area contributed by atoms with E-state index in [0.29, 0.717) is 10.8 Å². The monoisotopic (exact) mass is 418 g/mol. The van der Waals surface area contributed by atoms with E-state index in [1.165, 1.54) is 30.3 Å². The lowest BCUT2D eigenvalue weighted by Crippen LogP contribution is -2.21. The van der Waals surface area contributed by atoms with Crippen LogP contribution < -0.4 is 19.9 Å². The molecule has 0 saturated heterocycles. The van der Waals surface area contributed by atoms with E-state index in [1.54, 1.807) is 13.0 Å². The van der Waals surface area contributed by atoms with Gasteiger partial charge < -0.3 is 14.8 Å². The lowest BCUT2D eigenvalue weighted by atomic mass is 10.3. The molecule has 0 aliphatic heterocycles. The van der Waals surface area contributed by atoms with E-state index in [4.69, 9.17) is 37.8 Å². The second kappa shape index (κ2) is 8.59. The lowest BCUT2D eigenvalue weighted by Gasteiger charge is -2.12. The average molecular weight is 419 g/mol. The van der Waals surface area contributed by atoms with Crippen LogP contribution in [0.15, 0.2) is 41.3 Å². The van der Waals surface area contributed by atoms with Crippen LogP contribution in [0.5, 0.6) is 11.5 Å². The molecule has 2 rings (SSSR count). The maximum absolute atomic E-state index is 12.0. The SMILES string of the molecule is CCOc1ccc(NC(=O)COc2ccc(Cl)cc2Cl)cc1S(N)(=O)=O. The molecule has 0 unspecified atom stereocenters. The number of nitrogens with two attached hydrogens (primary N) is 1. The average Bonchev–Trinajstić information content (AvgIpc) is 2.54. The molecule has 0 spiro atoms. The van der Waals surface area contributed by atoms with Gasteiger partial charge in [-0.2, -0.15) is 0 Å². The number of carbonyl (C=O) groups is 1. The summed E-state index contributed by atoms with van der Waals surface area (Å²) in [7, 11) is -4.02. The summed E-state index contributed by atoms with van der Waals surface area (Å²) < 4.78 is 33.9. The number of hydrogen-bond acceptors (Lipinski definition) is 5. The normalized spacial score (nSPS) is 11.1. The van der Waals surface area contributed by atoms with Gasteiger partial charge in [-0.15, -0.1) is 0 Å². The Hall–Kier alpha value is -2.00. The minimum atomic E-state index is -4.02. The van der Waals surface area contributed by atoms with Crippen molar-refractivity contribution >= 4 is 44.8 Å². The van der Waals surface area contributed by atoms with Gasteiger partial charge in [0.15, 0.2) is 6.61 Å². The fraction of sp³-hybridized carbons (Fsp3) is 0.188. The van der Waals surface area contributed by atoms with Crippen molar-refractivity contribution in [1.82, 2.24) is 0 Å². The summed E-state index contributed by atoms with van der Waals surface area (Å²) in [6.07, 6.45) is 0. The second-order valence-electron chi connectivity index (χ2n) is 5.05. The van der Waals surface area contributed by atoms with Gasteiger partial charge in [-0.1, -0.05) is 23.2 Å². The Morgan fingerprint density at radius 1 is 1.12 bits per heavy atom. The summed E-state index contributed by atoms with van der Waals surface area (Å²) in [6, 6.07) is 8.72. The number of benzene rings is 2. The van der Waals surface area contributed by atoms with Gasteiger partial charge in [0, 0.05) is 10.7 Å². The first-order chi connectivity index (χ1) is 12.2. The number of anilines is 1. The highest BCUT2D eigenvalue weighted by atomic mass is 35.5. The van der Waals surface area contributed by atoms with Crippen LogP contribution in [0.3, 0.4) is 0 Å². The maximum Gasteiger partial charge on any atom is 0.262 e. The Labute approximate surface area is 161 Å². The van der Waals surface area contributed by atoms with Crippen molar-refractivity contribution in [2.24, 2.45) is 5.14 Å². The molecule has 0 aliphatic carbocycles. The quantitative estimate of drug-likeness (QED) is 0.717. The minimum Gasteiger partial charge on any atom is -0.492 e. The number of amides is 1. The van der Waals surface area contributed by atoms with Crippen LogP contribution in [0.2, 0.25) is 10.0 Å². The third-order valence-electron chi connectivity index (χ3n) is 3.09. The lowest BCUT2D eigenvalue weighted by molar-refractivity contribution is -0.118. The summed E-state index contributed by atoms with van der Waals surface area (Å²) in [5.41, 5.74) is 0.230. The minimum absolute atomic E-state index is 0.109. The number of carbonyl (C=O) groups excluding carboxylic acids is 1. The highest BCUT2D eigenvalue weighted by molar-refractivity contribution is 7.89. The number of hydrogen-bond donors (Lipinski definition) is 2. The molecule has 0 radical (unpaired) electrons. The summed E-state index contributed by atoms with van der Waals surface area (Å²) in [4.78, 5) is 11.8. The van der Waals surface area contributed by atoms with Crippen molar-refractivity contribution in [3.8, 4) is 11.5 Å². The number of ether oxygens (including phenoxy) is 2. The van der Waals surface area contributed by atoms with E-state index in [1.807, 2.05) is 0 Å². The molecule has 26 heavy (non-hydrogen) atoms. The van der Waals surface area contributed by atoms with E-state index < -0.39 is 15.9 Å². The van der Waals surface area contributed by atoms with E-state index in [2.05, 4.69) is 5.32 Å². The van der Waals surface area contributed by atoms with Crippen LogP contribution in [0, 0.1) is 0 Å². The van der Waals surface area contributed by atoms with Gasteiger partial charge in [0.25, 0.3) is 5.91 Å². The molecular weight excluding hydrogens is 403 g/mol. The van der Waals surface area contributed by atoms with Crippen LogP contribution in [0.25, 0.3) is 0 Å². The van der Waals surface area contributed by atoms with Crippen LogP contribution in [0.4, 0.5) is 5.69 Å². The number of sulfonamides is 1. The third-order valence-corrected chi connectivity index (χ3v) is 4.55. The highest BCUT2D eigenvalue weighted by Crippen LogP contribution is 2.28. The first-order valence-corrected chi connectivity index (χ1v) is 9.68. The standard InChI is InChI=1S/C16H16Cl2N2O5S/c1-2-24-14-6-4-11(8-15(14)26(19,22)23)20-16(21)9-25-13-5-3-10(17)7-12(13)18/h3-8H,2,9H2,1H3,(H,20,21)(H2,19,22,23). The van der Waals surface area contributed by atoms with Crippen LogP contribution >= 0.6 is 23.2 Å². The zero-order valence-electron chi connectivity index (χ0n) is 13.7. The second-order valence-corrected chi connectivity index (χ2v) is 7.42. The molecular formula is C16H16Cl2N2O5S. The van der Waals surface area contributed by atoms with Gasteiger partial charge >= 0.3 is 0 Å². The van der Waals surface area contributed by atoms with Crippen molar-refractivity contribution in [3.05, 3.63) is 46.4 Å². The van der Waals surface area contributed by atoms with Gasteiger partial charge in [0.05, 0.1) is 11.6 Å². The van der Waals surface area contributed by atoms with Crippen LogP contribution in [0.1, 0.15) is 6.92 Å². The van der Waals surface area contributed by atoms with Crippen molar-refractivity contribution in [3.63, 3.8) is 0 Å². The number of nitrogens with one attached hydrogen (secondary N) is 1. The van der Waals surface area contributed by atoms with Gasteiger partial charge in [0.1, 0.15) is 16.4 Å². The van der Waals surface area contributed by atoms with Crippen molar-refractivity contribution < 1.29 is 22.7 Å². The molecule has 2 aromatic carbocycles. The van der Waals surface area contributed by atoms with Gasteiger partial charge in [0.2, 0.25) is 10.0 Å². The summed E-state index contributed by atoms with van der Waals surface area (Å²) in [5, 5.41) is 8.40. The van der Waals surface area contributed by atoms with E-state index in [0.717, 1.165) is 0 Å². The zero-order chi connectivity index (χ0) is 19.3. The Morgan fingerprint density at radius 2 is 1.81 bits per heavy atom. The zero-order valence-corrected chi connectivity index (χ0v) is 16.0. The molecule has 2 aromatic rings. The van der Waals surface area contributed by atoms with Crippen molar-refractivity contribution in [1.29, 1.82) is 0 Å². The first kappa shape index (κ1) is 20.3. The van der Waals surface area contributed by atoms with Crippen molar-refractivity contribution in [2.45, 2.75) is 11.8 Å². The molecule has 0 heterocycles. The fourth-order valence-corrected chi connectivity index (χ4v) is 3.18. The molecule has 0 aliphatic rings. The Kier molecular flexibility index (Phi) is 6.71. The Balaban J connectivity index is 2.09. The summed E-state index contributed by atoms with van der Waals surface area (Å²) >= 11 is 11.7. The smallest absolute Gasteiger partial charge is 0.262 e. The topological polar surface area (TPSA) is 108 Å². The van der Waals surface area contributed by atoms with Crippen LogP contribution in [-0.2, 0) is 14.8 Å². The number of rotatable bonds is 7. The molecule has 0 fully saturated rings. The van der Waals surface area contributed by atoms with E-state index >= 15 is 0 Å². The Bertz CT molecular complexity index is 919. The summed E-state index contributed by atoms with van der Waals surface area (Å²) in [5.74, 6) is -0.110. The predicted molar refractivity (Wildman–Crippen MR) is 99.6 cm³/mol. The Morgan fingerprint density at radius 3 is 2.42 bits per heavy atom. The van der Waals surface area contributed by atoms with Crippen molar-refractivity contribution in [2.75, 3.05) is 18.5 Å². The van der Waals surface area contributed by atoms with Gasteiger partial charge in [-0.05, 0) is 43.3 Å². The third kappa shape index (κ3) is 5.50. The first-order valence-electron chi connectivity index (χ1n) is 7.38. The number of halogens is 2. The molecule has 10 heteroatoms. The van der Waals surface area contributed by atoms with Gasteiger partial charge in [-0.25, -0.2) is 13.6 Å². The molecule has 0 atom stereocenters. The van der Waals surface area contributed by atoms with Gasteiger partial charge in [-0.3, -0.25) is 4.79 Å². The predicted octanol–water partition coefficient (Wildman–Crippen LogP) is 3.06. The molecule has 0 saturated carbocycles. The van der Waals surface area contributed by atoms with E-state index in [-0.39, 0.29) is 34.6 Å². The molecule has 3 N–H and O–H groups in total. The number of primary sulfonamides is 1. The molecule has 0 aromatic heterocycles. The molecule has 140 valence electrons. The molecule has 0 bridgehead atoms. The fourth-order valence-electron chi connectivity index (χ4n) is 2.02. The summed E-state index contributed by atoms with van der Waals surface area (Å²) in [6.45, 7) is 1.64. The molecule has 1 amide bonds. The van der Waals surface area contributed by atoms with E-state index in [9.17, 15) is 13.2 Å². The largest absolute Gasteiger partial charge is 0.492 e. The highest BCUT2D eigenvalue weighted by Gasteiger charge is 2.17. The van der Waals surface area contributed by atoms with Crippen LogP contribution in [-0.4, -0.2) is 27.5 Å².